The van der Waals surface area contributed by atoms with Gasteiger partial charge in [0.05, 0.1) is 5.75 Å². The summed E-state index contributed by atoms with van der Waals surface area (Å²) < 4.78 is 69.9. The number of piperidine rings is 1. The van der Waals surface area contributed by atoms with Crippen molar-refractivity contribution in [2.24, 2.45) is 5.92 Å². The van der Waals surface area contributed by atoms with Crippen molar-refractivity contribution >= 4 is 21.8 Å². The Labute approximate surface area is 179 Å². The van der Waals surface area contributed by atoms with Crippen LogP contribution in [0, 0.1) is 11.7 Å². The molecule has 0 bridgehead atoms. The van der Waals surface area contributed by atoms with Crippen LogP contribution in [-0.4, -0.2) is 39.0 Å². The van der Waals surface area contributed by atoms with Crippen LogP contribution in [0.1, 0.15) is 44.2 Å². The lowest BCUT2D eigenvalue weighted by Gasteiger charge is -2.19. The summed E-state index contributed by atoms with van der Waals surface area (Å²) in [6, 6.07) is 2.83. The first kappa shape index (κ1) is 24.9. The van der Waals surface area contributed by atoms with Crippen molar-refractivity contribution in [2.45, 2.75) is 45.1 Å². The summed E-state index contributed by atoms with van der Waals surface area (Å²) in [5.41, 5.74) is 0.364. The van der Waals surface area contributed by atoms with Gasteiger partial charge in [-0.25, -0.2) is 26.3 Å². The third kappa shape index (κ3) is 8.33. The van der Waals surface area contributed by atoms with Crippen LogP contribution in [0.4, 0.5) is 13.2 Å². The zero-order valence-corrected chi connectivity index (χ0v) is 17.8. The van der Waals surface area contributed by atoms with E-state index in [1.807, 2.05) is 0 Å². The highest BCUT2D eigenvalue weighted by atomic mass is 32.2. The van der Waals surface area contributed by atoms with Crippen molar-refractivity contribution in [3.63, 3.8) is 0 Å². The zero-order chi connectivity index (χ0) is 23.0. The van der Waals surface area contributed by atoms with Crippen LogP contribution in [0.25, 0.3) is 0 Å². The fourth-order valence-corrected chi connectivity index (χ4v) is 4.25. The molecule has 2 atom stereocenters. The Morgan fingerprint density at radius 1 is 1.29 bits per heavy atom. The van der Waals surface area contributed by atoms with Crippen LogP contribution in [0.5, 0.6) is 5.75 Å². The number of ether oxygens (including phenoxy) is 1. The summed E-state index contributed by atoms with van der Waals surface area (Å²) in [6.45, 7) is 0.576. The van der Waals surface area contributed by atoms with Gasteiger partial charge in [0.15, 0.2) is 11.6 Å². The average Bonchev–Trinajstić information content (AvgIpc) is 2.68. The number of nitrogens with one attached hydrogen (secondary N) is 2. The molecule has 1 aliphatic heterocycles. The maximum Gasteiger partial charge on any atom is 0.272 e. The van der Waals surface area contributed by atoms with Crippen LogP contribution in [0.15, 0.2) is 30.4 Å². The molecule has 1 aliphatic rings. The topological polar surface area (TPSA) is 102 Å². The molecule has 1 saturated heterocycles. The Bertz CT molecular complexity index is 921. The van der Waals surface area contributed by atoms with Crippen LogP contribution in [-0.2, 0) is 19.6 Å². The number of carbonyl (C=O) groups excluding carboxylic acids is 2. The van der Waals surface area contributed by atoms with Crippen molar-refractivity contribution in [1.29, 1.82) is 0 Å². The molecule has 2 N–H and O–H groups in total. The molecule has 0 aromatic heterocycles. The number of rotatable bonds is 11. The van der Waals surface area contributed by atoms with Crippen LogP contribution in [0.3, 0.4) is 0 Å². The van der Waals surface area contributed by atoms with E-state index in [9.17, 15) is 31.2 Å². The number of alkyl halides is 2. The second-order valence-electron chi connectivity index (χ2n) is 7.19. The number of benzene rings is 1. The van der Waals surface area contributed by atoms with E-state index in [-0.39, 0.29) is 35.7 Å². The summed E-state index contributed by atoms with van der Waals surface area (Å²) in [6.07, 6.45) is 1.99. The number of hydrogen-bond donors (Lipinski definition) is 2. The Balaban J connectivity index is 1.84. The normalized spacial score (nSPS) is 18.4. The van der Waals surface area contributed by atoms with Crippen molar-refractivity contribution in [3.8, 4) is 5.75 Å². The highest BCUT2D eigenvalue weighted by Crippen LogP contribution is 2.24. The highest BCUT2D eigenvalue weighted by Gasteiger charge is 2.25. The lowest BCUT2D eigenvalue weighted by atomic mass is 9.95. The van der Waals surface area contributed by atoms with E-state index in [1.54, 1.807) is 19.1 Å². The third-order valence-electron chi connectivity index (χ3n) is 4.67. The Kier molecular flexibility index (Phi) is 9.05. The van der Waals surface area contributed by atoms with Crippen molar-refractivity contribution in [1.82, 2.24) is 10.0 Å². The molecule has 2 rings (SSSR count). The molecule has 11 heteroatoms. The van der Waals surface area contributed by atoms with Gasteiger partial charge in [0, 0.05) is 18.4 Å². The molecular formula is C20H25F3N2O5S. The monoisotopic (exact) mass is 462 g/mol. The number of allylic oxidation sites excluding steroid dienone is 2. The van der Waals surface area contributed by atoms with Gasteiger partial charge in [-0.05, 0) is 43.9 Å². The van der Waals surface area contributed by atoms with Crippen molar-refractivity contribution < 1.29 is 35.9 Å². The van der Waals surface area contributed by atoms with Gasteiger partial charge in [-0.2, -0.15) is 0 Å². The van der Waals surface area contributed by atoms with Crippen LogP contribution < -0.4 is 14.8 Å². The summed E-state index contributed by atoms with van der Waals surface area (Å²) in [7, 11) is -3.68. The summed E-state index contributed by atoms with van der Waals surface area (Å²) >= 11 is 0. The third-order valence-corrected chi connectivity index (χ3v) is 6.16. The van der Waals surface area contributed by atoms with Crippen LogP contribution in [0.2, 0.25) is 0 Å². The molecule has 1 aromatic rings. The lowest BCUT2D eigenvalue weighted by Crippen LogP contribution is -2.40. The molecule has 0 spiro atoms. The summed E-state index contributed by atoms with van der Waals surface area (Å²) in [5.74, 6) is -2.31. The molecule has 7 nitrogen and oxygen atoms in total. The highest BCUT2D eigenvalue weighted by molar-refractivity contribution is 7.89. The van der Waals surface area contributed by atoms with E-state index in [0.717, 1.165) is 6.07 Å². The van der Waals surface area contributed by atoms with E-state index >= 15 is 0 Å². The summed E-state index contributed by atoms with van der Waals surface area (Å²) in [5, 5.41) is 2.27. The fraction of sp³-hybridized carbons (Fsp3) is 0.500. The quantitative estimate of drug-likeness (QED) is 0.389. The molecule has 1 unspecified atom stereocenters. The minimum Gasteiger partial charge on any atom is -0.485 e. The largest absolute Gasteiger partial charge is 0.485 e. The minimum atomic E-state index is -3.68. The Morgan fingerprint density at radius 3 is 2.71 bits per heavy atom. The standard InChI is InChI=1S/C20H25F3N2O5S/c1-13(15-6-8-16(21)17(11-15)30-12-18(22)23)25-31(28,29)10-4-2-3-5-14-7-9-19(26)24-20(14)27/h2-3,6,8,11,13-14,18,25H,4-5,7,9-10,12H2,1H3,(H,24,26,27)/b3-2+/t13-,14?/m1/s1. The van der Waals surface area contributed by atoms with Gasteiger partial charge in [-0.3, -0.25) is 14.9 Å². The number of imide groups is 1. The minimum absolute atomic E-state index is 0.209. The second kappa shape index (κ2) is 11.3. The smallest absolute Gasteiger partial charge is 0.272 e. The average molecular weight is 462 g/mol. The molecule has 1 fully saturated rings. The molecule has 0 radical (unpaired) electrons. The second-order valence-corrected chi connectivity index (χ2v) is 9.07. The molecular weight excluding hydrogens is 437 g/mol. The van der Waals surface area contributed by atoms with Gasteiger partial charge in [0.1, 0.15) is 6.61 Å². The maximum atomic E-state index is 13.7. The van der Waals surface area contributed by atoms with E-state index < -0.39 is 34.9 Å². The fourth-order valence-electron chi connectivity index (χ4n) is 3.01. The number of amides is 2. The van der Waals surface area contributed by atoms with E-state index in [1.165, 1.54) is 12.1 Å². The SMILES string of the molecule is C[C@@H](NS(=O)(=O)CC/C=C/CC1CCC(=O)NC1=O)c1ccc(F)c(OCC(F)F)c1. The zero-order valence-electron chi connectivity index (χ0n) is 16.9. The van der Waals surface area contributed by atoms with E-state index in [4.69, 9.17) is 4.74 Å². The molecule has 31 heavy (non-hydrogen) atoms. The number of sulfonamides is 1. The molecule has 1 aromatic carbocycles. The molecule has 0 aliphatic carbocycles. The van der Waals surface area contributed by atoms with Crippen molar-refractivity contribution in [2.75, 3.05) is 12.4 Å². The number of carbonyl (C=O) groups is 2. The van der Waals surface area contributed by atoms with Gasteiger partial charge >= 0.3 is 0 Å². The van der Waals surface area contributed by atoms with Gasteiger partial charge < -0.3 is 4.74 Å². The van der Waals surface area contributed by atoms with Gasteiger partial charge in [-0.15, -0.1) is 0 Å². The molecule has 1 heterocycles. The Hall–Kier alpha value is -2.40. The molecule has 2 amide bonds. The van der Waals surface area contributed by atoms with E-state index in [0.29, 0.717) is 24.8 Å². The summed E-state index contributed by atoms with van der Waals surface area (Å²) in [4.78, 5) is 22.8. The van der Waals surface area contributed by atoms with Gasteiger partial charge in [0.25, 0.3) is 6.43 Å². The Morgan fingerprint density at radius 2 is 2.03 bits per heavy atom. The van der Waals surface area contributed by atoms with E-state index in [2.05, 4.69) is 10.0 Å². The molecule has 0 saturated carbocycles. The molecule has 172 valence electrons. The first-order chi connectivity index (χ1) is 14.6. The first-order valence-electron chi connectivity index (χ1n) is 9.76. The van der Waals surface area contributed by atoms with Gasteiger partial charge in [-0.1, -0.05) is 18.2 Å². The predicted molar refractivity (Wildman–Crippen MR) is 107 cm³/mol. The maximum absolute atomic E-state index is 13.7. The number of hydrogen-bond acceptors (Lipinski definition) is 5. The first-order valence-corrected chi connectivity index (χ1v) is 11.4. The van der Waals surface area contributed by atoms with Gasteiger partial charge in [0.2, 0.25) is 21.8 Å². The predicted octanol–water partition coefficient (Wildman–Crippen LogP) is 2.84. The lowest BCUT2D eigenvalue weighted by molar-refractivity contribution is -0.136. The van der Waals surface area contributed by atoms with Crippen LogP contribution >= 0.6 is 0 Å². The van der Waals surface area contributed by atoms with Crippen molar-refractivity contribution in [3.05, 3.63) is 41.7 Å². The number of halogens is 3.